The van der Waals surface area contributed by atoms with Crippen LogP contribution in [0.25, 0.3) is 0 Å². The smallest absolute Gasteiger partial charge is 0.151 e. The molecular weight excluding hydrogens is 264 g/mol. The van der Waals surface area contributed by atoms with Crippen LogP contribution in [0, 0.1) is 29.6 Å². The molecule has 0 aliphatic heterocycles. The van der Waals surface area contributed by atoms with Gasteiger partial charge in [0.1, 0.15) is 5.25 Å². The van der Waals surface area contributed by atoms with Crippen LogP contribution in [0.4, 0.5) is 0 Å². The summed E-state index contributed by atoms with van der Waals surface area (Å²) in [7, 11) is -2.92. The minimum absolute atomic E-state index is 0.0692. The van der Waals surface area contributed by atoms with Crippen LogP contribution in [0.2, 0.25) is 0 Å². The van der Waals surface area contributed by atoms with Gasteiger partial charge in [-0.25, -0.2) is 8.42 Å². The molecule has 0 atom stereocenters. The highest BCUT2D eigenvalue weighted by molar-refractivity contribution is 8.01. The Morgan fingerprint density at radius 1 is 1.06 bits per heavy atom. The molecule has 0 bridgehead atoms. The molecule has 0 aromatic heterocycles. The summed E-state index contributed by atoms with van der Waals surface area (Å²) in [5.41, 5.74) is 0. The second-order valence-electron chi connectivity index (χ2n) is 4.37. The molecule has 2 nitrogen and oxygen atoms in total. The highest BCUT2D eigenvalue weighted by atomic mass is 32.2. The van der Waals surface area contributed by atoms with Crippen molar-refractivity contribution in [1.82, 2.24) is 0 Å². The quantitative estimate of drug-likeness (QED) is 0.675. The van der Waals surface area contributed by atoms with E-state index in [-0.39, 0.29) is 16.8 Å². The molecule has 0 aliphatic rings. The Bertz CT molecular complexity index is 422. The fourth-order valence-electron chi connectivity index (χ4n) is 1.19. The zero-order valence-corrected chi connectivity index (χ0v) is 13.2. The van der Waals surface area contributed by atoms with Gasteiger partial charge in [-0.2, -0.15) is 0 Å². The maximum atomic E-state index is 11.7. The normalized spacial score (nSPS) is 10.8. The summed E-state index contributed by atoms with van der Waals surface area (Å²) in [6, 6.07) is 0. The van der Waals surface area contributed by atoms with E-state index in [4.69, 9.17) is 0 Å². The minimum Gasteiger partial charge on any atom is -0.229 e. The Morgan fingerprint density at radius 3 is 2.06 bits per heavy atom. The molecular formula is C14H22O2S2. The first-order valence-electron chi connectivity index (χ1n) is 6.08. The number of thioether (sulfide) groups is 1. The number of sulfone groups is 1. The topological polar surface area (TPSA) is 34.1 Å². The third kappa shape index (κ3) is 9.45. The Kier molecular flexibility index (Phi) is 9.06. The van der Waals surface area contributed by atoms with Crippen molar-refractivity contribution < 1.29 is 8.42 Å². The van der Waals surface area contributed by atoms with Crippen LogP contribution in [0.15, 0.2) is 0 Å². The van der Waals surface area contributed by atoms with Gasteiger partial charge in [-0.05, 0) is 26.2 Å². The van der Waals surface area contributed by atoms with Crippen LogP contribution in [-0.4, -0.2) is 30.9 Å². The Labute approximate surface area is 116 Å². The van der Waals surface area contributed by atoms with Crippen LogP contribution < -0.4 is 0 Å². The summed E-state index contributed by atoms with van der Waals surface area (Å²) in [5, 5.41) is -0.0692. The maximum Gasteiger partial charge on any atom is 0.151 e. The lowest BCUT2D eigenvalue weighted by Gasteiger charge is -2.07. The van der Waals surface area contributed by atoms with Gasteiger partial charge in [-0.1, -0.05) is 25.7 Å². The second kappa shape index (κ2) is 9.36. The average Bonchev–Trinajstić information content (AvgIpc) is 2.27. The predicted molar refractivity (Wildman–Crippen MR) is 81.3 cm³/mol. The van der Waals surface area contributed by atoms with E-state index in [1.807, 2.05) is 13.8 Å². The van der Waals surface area contributed by atoms with Crippen LogP contribution in [0.5, 0.6) is 0 Å². The first-order valence-corrected chi connectivity index (χ1v) is 8.95. The molecule has 4 heteroatoms. The van der Waals surface area contributed by atoms with Crippen molar-refractivity contribution in [1.29, 1.82) is 0 Å². The Hall–Kier alpha value is -0.580. The van der Waals surface area contributed by atoms with Crippen molar-refractivity contribution in [3.63, 3.8) is 0 Å². The van der Waals surface area contributed by atoms with E-state index in [1.54, 1.807) is 13.8 Å². The summed E-state index contributed by atoms with van der Waals surface area (Å²) < 4.78 is 23.5. The molecule has 0 aromatic carbocycles. The van der Waals surface area contributed by atoms with E-state index in [1.165, 1.54) is 11.8 Å². The molecule has 0 aliphatic carbocycles. The van der Waals surface area contributed by atoms with Crippen LogP contribution in [0.3, 0.4) is 0 Å². The molecule has 0 heterocycles. The van der Waals surface area contributed by atoms with Gasteiger partial charge in [0.25, 0.3) is 0 Å². The van der Waals surface area contributed by atoms with Crippen LogP contribution >= 0.6 is 11.8 Å². The predicted octanol–water partition coefficient (Wildman–Crippen LogP) is 2.60. The SMILES string of the molecule is CC#CC(C#CC)SCCS(=O)(=O)CCC(C)C. The third-order valence-corrected chi connectivity index (χ3v) is 5.19. The van der Waals surface area contributed by atoms with E-state index in [2.05, 4.69) is 23.7 Å². The first kappa shape index (κ1) is 17.4. The molecule has 0 spiro atoms. The van der Waals surface area contributed by atoms with Gasteiger partial charge in [0.15, 0.2) is 9.84 Å². The fourth-order valence-corrected chi connectivity index (χ4v) is 4.27. The largest absolute Gasteiger partial charge is 0.229 e. The summed E-state index contributed by atoms with van der Waals surface area (Å²) in [6.07, 6.45) is 0.736. The first-order chi connectivity index (χ1) is 8.41. The van der Waals surface area contributed by atoms with Gasteiger partial charge in [0, 0.05) is 5.75 Å². The van der Waals surface area contributed by atoms with Crippen molar-refractivity contribution in [2.45, 2.75) is 39.4 Å². The Morgan fingerprint density at radius 2 is 1.61 bits per heavy atom. The molecule has 0 unspecified atom stereocenters. The molecule has 0 radical (unpaired) electrons. The lowest BCUT2D eigenvalue weighted by molar-refractivity contribution is 0.575. The fraction of sp³-hybridized carbons (Fsp3) is 0.714. The van der Waals surface area contributed by atoms with Crippen molar-refractivity contribution in [2.24, 2.45) is 5.92 Å². The number of rotatable bonds is 7. The molecule has 0 amide bonds. The molecule has 0 saturated carbocycles. The zero-order chi connectivity index (χ0) is 14.0. The summed E-state index contributed by atoms with van der Waals surface area (Å²) in [6.45, 7) is 7.61. The summed E-state index contributed by atoms with van der Waals surface area (Å²) >= 11 is 1.51. The molecule has 0 N–H and O–H groups in total. The van der Waals surface area contributed by atoms with E-state index in [9.17, 15) is 8.42 Å². The average molecular weight is 286 g/mol. The van der Waals surface area contributed by atoms with E-state index >= 15 is 0 Å². The molecule has 102 valence electrons. The molecule has 0 aromatic rings. The minimum atomic E-state index is -2.92. The molecule has 18 heavy (non-hydrogen) atoms. The lowest BCUT2D eigenvalue weighted by atomic mass is 10.2. The van der Waals surface area contributed by atoms with E-state index in [0.717, 1.165) is 6.42 Å². The zero-order valence-electron chi connectivity index (χ0n) is 11.6. The molecule has 0 fully saturated rings. The van der Waals surface area contributed by atoms with Crippen molar-refractivity contribution in [3.05, 3.63) is 0 Å². The summed E-state index contributed by atoms with van der Waals surface area (Å²) in [4.78, 5) is 0. The van der Waals surface area contributed by atoms with Gasteiger partial charge in [0.2, 0.25) is 0 Å². The van der Waals surface area contributed by atoms with Crippen molar-refractivity contribution in [3.8, 4) is 23.7 Å². The standard InChI is InChI=1S/C14H22O2S2/c1-5-7-14(8-6-2)17-10-12-18(15,16)11-9-13(3)4/h13-14H,9-12H2,1-4H3. The van der Waals surface area contributed by atoms with E-state index in [0.29, 0.717) is 11.7 Å². The lowest BCUT2D eigenvalue weighted by Crippen LogP contribution is -2.15. The van der Waals surface area contributed by atoms with Gasteiger partial charge >= 0.3 is 0 Å². The summed E-state index contributed by atoms with van der Waals surface area (Å²) in [5.74, 6) is 13.1. The monoisotopic (exact) mass is 286 g/mol. The Balaban J connectivity index is 4.13. The third-order valence-electron chi connectivity index (χ3n) is 2.24. The molecule has 0 saturated heterocycles. The highest BCUT2D eigenvalue weighted by Crippen LogP contribution is 2.11. The number of hydrogen-bond donors (Lipinski definition) is 0. The van der Waals surface area contributed by atoms with Gasteiger partial charge in [-0.15, -0.1) is 23.6 Å². The van der Waals surface area contributed by atoms with Gasteiger partial charge in [0.05, 0.1) is 11.5 Å². The highest BCUT2D eigenvalue weighted by Gasteiger charge is 2.12. The van der Waals surface area contributed by atoms with Crippen molar-refractivity contribution in [2.75, 3.05) is 17.3 Å². The van der Waals surface area contributed by atoms with Crippen LogP contribution in [0.1, 0.15) is 34.1 Å². The maximum absolute atomic E-state index is 11.7. The van der Waals surface area contributed by atoms with Gasteiger partial charge < -0.3 is 0 Å². The molecule has 0 rings (SSSR count). The van der Waals surface area contributed by atoms with Crippen LogP contribution in [-0.2, 0) is 9.84 Å². The van der Waals surface area contributed by atoms with E-state index < -0.39 is 9.84 Å². The van der Waals surface area contributed by atoms with Crippen molar-refractivity contribution >= 4 is 21.6 Å². The number of hydrogen-bond acceptors (Lipinski definition) is 3. The second-order valence-corrected chi connectivity index (χ2v) is 7.89. The van der Waals surface area contributed by atoms with Gasteiger partial charge in [-0.3, -0.25) is 0 Å².